The highest BCUT2D eigenvalue weighted by molar-refractivity contribution is 5.76. The molecule has 11 aliphatic heterocycles. The molecule has 0 aromatic carbocycles. The van der Waals surface area contributed by atoms with Crippen molar-refractivity contribution in [2.75, 3.05) is 72.7 Å². The summed E-state index contributed by atoms with van der Waals surface area (Å²) in [6.45, 7) is -5.43. The molecule has 11 fully saturated rings. The maximum atomic E-state index is 13.5. The fourth-order valence-corrected chi connectivity index (χ4v) is 18.9. The third kappa shape index (κ3) is 27.6. The van der Waals surface area contributed by atoms with E-state index in [1.165, 1.54) is 0 Å². The fourth-order valence-electron chi connectivity index (χ4n) is 18.9. The second kappa shape index (κ2) is 53.1. The van der Waals surface area contributed by atoms with Gasteiger partial charge in [0.15, 0.2) is 69.2 Å². The summed E-state index contributed by atoms with van der Waals surface area (Å²) in [6, 6.07) is -15.2. The predicted molar refractivity (Wildman–Crippen MR) is 455 cm³/mol. The summed E-state index contributed by atoms with van der Waals surface area (Å²) in [5.74, 6) is -7.51. The summed E-state index contributed by atoms with van der Waals surface area (Å²) in [5, 5.41) is 329. The van der Waals surface area contributed by atoms with Crippen LogP contribution in [0.2, 0.25) is 0 Å². The Hall–Kier alpha value is -6.16. The highest BCUT2D eigenvalue weighted by Crippen LogP contribution is 2.42. The zero-order chi connectivity index (χ0) is 108. The molecule has 0 radical (unpaired) electrons. The number of carbonyl (C=O) groups is 8. The Kier molecular flexibility index (Phi) is 43.7. The number of rotatable bonds is 39. The second-order valence-corrected chi connectivity index (χ2v) is 36.8. The molecule has 8 amide bonds. The van der Waals surface area contributed by atoms with Crippen LogP contribution in [0.1, 0.15) is 55.4 Å². The molecule has 0 unspecified atom stereocenters. The van der Waals surface area contributed by atoms with E-state index in [-0.39, 0.29) is 0 Å². The summed E-state index contributed by atoms with van der Waals surface area (Å²) in [5.41, 5.74) is 0. The van der Waals surface area contributed by atoms with Crippen LogP contribution in [-0.2, 0) is 138 Å². The highest BCUT2D eigenvalue weighted by atomic mass is 16.8. The maximum absolute atomic E-state index is 13.5. The van der Waals surface area contributed by atoms with Crippen LogP contribution in [0.3, 0.4) is 0 Å². The van der Waals surface area contributed by atoms with Crippen LogP contribution >= 0.6 is 0 Å². The molecule has 0 aromatic rings. The van der Waals surface area contributed by atoms with Gasteiger partial charge in [0.25, 0.3) is 0 Å². The molecule has 0 bridgehead atoms. The standard InChI is InChI=1S/C82H136N8O56/c1-20(100)83-39-57(118)64(32(13-95)128-72(39)125)139-77-44(88-25(6)105)60(121)67(35(16-98)133-77)143-80-63(124)69(144-82-71(62(123)68(36(17-99)136-82)142-76-43(87-24(5)104)56(117)50(111)31(12-94)132-76)146-79-46(90-27(8)107)59(120)66(34(15-97)135-79)141-75-42(86-23(4)103)55(116)49(110)30(11-93)131-75)52(113)38(137-80)19-127-81-70(61(122)51(112)37(138-81)18-126-73-40(84-21(2)101)53(114)47(108)28(9-91)129-73)145-78-45(89-26(7)106)58(119)65(33(14-96)134-78)140-74-41(85-22(3)102)54(115)48(109)29(10-92)130-74/h28-82,91-99,108-125H,9-19H2,1-8H3,(H,83,100)(H,84,101)(H,85,102)(H,86,103)(H,87,104)(H,88,105)(H,89,106)(H,90,107)/t28-,29-,30-,31-,32-,33-,34-,35-,36-,37-,38-,39-,40-,41-,42-,43-,44-,45-,46+,47-,48+,49+,50-,51-,52-,53-,54-,55-,56-,57-,58-,59-,60-,61+,62+,63+,64-,65-,66-,67-,68-,69+,70+,71+,72-,73-,74+,75+,76+,77+,78+,79+,80+,81+,82-/m1/s1. The van der Waals surface area contributed by atoms with E-state index in [1.54, 1.807) is 0 Å². The van der Waals surface area contributed by atoms with Gasteiger partial charge in [0.2, 0.25) is 47.3 Å². The average Bonchev–Trinajstić information content (AvgIpc) is 0.757. The summed E-state index contributed by atoms with van der Waals surface area (Å²) in [7, 11) is 0. The first kappa shape index (κ1) is 120. The lowest BCUT2D eigenvalue weighted by Gasteiger charge is -2.52. The topological polar surface area (TPSA) is 973 Å². The van der Waals surface area contributed by atoms with E-state index in [1.807, 2.05) is 0 Å². The van der Waals surface area contributed by atoms with Crippen molar-refractivity contribution in [1.82, 2.24) is 42.5 Å². The number of hydrogen-bond donors (Lipinski definition) is 35. The van der Waals surface area contributed by atoms with E-state index < -0.39 is 457 Å². The molecule has 11 heterocycles. The van der Waals surface area contributed by atoms with Gasteiger partial charge in [0.1, 0.15) is 268 Å². The van der Waals surface area contributed by atoms with E-state index in [4.69, 9.17) is 99.5 Å². The fraction of sp³-hybridized carbons (Fsp3) is 0.902. The van der Waals surface area contributed by atoms with Crippen molar-refractivity contribution >= 4 is 47.3 Å². The van der Waals surface area contributed by atoms with Crippen molar-refractivity contribution < 1.29 is 276 Å². The molecule has 35 N–H and O–H groups in total. The Balaban J connectivity index is 1.02. The lowest BCUT2D eigenvalue weighted by Crippen LogP contribution is -2.71. The first-order chi connectivity index (χ1) is 69.0. The molecule has 0 saturated carbocycles. The lowest BCUT2D eigenvalue weighted by molar-refractivity contribution is -0.405. The average molecular weight is 2130 g/mol. The van der Waals surface area contributed by atoms with Crippen molar-refractivity contribution in [2.45, 2.75) is 393 Å². The van der Waals surface area contributed by atoms with Gasteiger partial charge in [-0.1, -0.05) is 0 Å². The number of ether oxygens (including phenoxy) is 21. The number of amides is 8. The zero-order valence-electron chi connectivity index (χ0n) is 79.4. The molecule has 840 valence electrons. The molecule has 64 heteroatoms. The van der Waals surface area contributed by atoms with E-state index in [0.29, 0.717) is 0 Å². The van der Waals surface area contributed by atoms with E-state index in [9.17, 15) is 176 Å². The van der Waals surface area contributed by atoms with Crippen molar-refractivity contribution in [1.29, 1.82) is 0 Å². The quantitative estimate of drug-likeness (QED) is 0.0272. The van der Waals surface area contributed by atoms with Gasteiger partial charge in [-0.15, -0.1) is 0 Å². The molecular weight excluding hydrogens is 1990 g/mol. The smallest absolute Gasteiger partial charge is 0.217 e. The number of aliphatic hydroxyl groups excluding tert-OH is 27. The first-order valence-corrected chi connectivity index (χ1v) is 46.6. The Bertz CT molecular complexity index is 4190. The number of carbonyl (C=O) groups excluding carboxylic acids is 8. The number of aliphatic hydroxyl groups is 27. The van der Waals surface area contributed by atoms with Gasteiger partial charge >= 0.3 is 0 Å². The minimum absolute atomic E-state index is 0.842. The van der Waals surface area contributed by atoms with Crippen molar-refractivity contribution in [3.8, 4) is 0 Å². The van der Waals surface area contributed by atoms with Gasteiger partial charge < -0.3 is 280 Å². The van der Waals surface area contributed by atoms with Crippen LogP contribution in [0, 0.1) is 0 Å². The molecule has 11 saturated heterocycles. The van der Waals surface area contributed by atoms with Gasteiger partial charge in [-0.2, -0.15) is 0 Å². The molecule has 0 spiro atoms. The molecule has 64 nitrogen and oxygen atoms in total. The highest BCUT2D eigenvalue weighted by Gasteiger charge is 2.64. The van der Waals surface area contributed by atoms with Crippen LogP contribution in [-0.4, -0.2) is 595 Å². The normalized spacial score (nSPS) is 46.5. The van der Waals surface area contributed by atoms with Crippen molar-refractivity contribution in [3.63, 3.8) is 0 Å². The zero-order valence-corrected chi connectivity index (χ0v) is 79.4. The van der Waals surface area contributed by atoms with Gasteiger partial charge in [0, 0.05) is 55.4 Å². The third-order valence-electron chi connectivity index (χ3n) is 26.2. The molecule has 0 aromatic heterocycles. The van der Waals surface area contributed by atoms with Crippen molar-refractivity contribution in [3.05, 3.63) is 0 Å². The molecule has 55 atom stereocenters. The van der Waals surface area contributed by atoms with Crippen LogP contribution < -0.4 is 42.5 Å². The molecular formula is C82H136N8O56. The monoisotopic (exact) mass is 2130 g/mol. The van der Waals surface area contributed by atoms with Gasteiger partial charge in [0.05, 0.1) is 72.7 Å². The molecule has 11 aliphatic rings. The lowest BCUT2D eigenvalue weighted by atomic mass is 9.93. The number of hydrogen-bond acceptors (Lipinski definition) is 56. The van der Waals surface area contributed by atoms with Crippen LogP contribution in [0.5, 0.6) is 0 Å². The summed E-state index contributed by atoms with van der Waals surface area (Å²) in [4.78, 5) is 103. The second-order valence-electron chi connectivity index (χ2n) is 36.8. The minimum atomic E-state index is -2.79. The Morgan fingerprint density at radius 3 is 0.685 bits per heavy atom. The van der Waals surface area contributed by atoms with Crippen LogP contribution in [0.25, 0.3) is 0 Å². The van der Waals surface area contributed by atoms with E-state index in [0.717, 1.165) is 55.4 Å². The molecule has 0 aliphatic carbocycles. The minimum Gasteiger partial charge on any atom is -0.394 e. The first-order valence-electron chi connectivity index (χ1n) is 46.6. The Morgan fingerprint density at radius 1 is 0.178 bits per heavy atom. The third-order valence-corrected chi connectivity index (χ3v) is 26.2. The van der Waals surface area contributed by atoms with E-state index >= 15 is 0 Å². The Morgan fingerprint density at radius 2 is 0.377 bits per heavy atom. The largest absolute Gasteiger partial charge is 0.394 e. The maximum Gasteiger partial charge on any atom is 0.217 e. The van der Waals surface area contributed by atoms with Gasteiger partial charge in [-0.25, -0.2) is 0 Å². The summed E-state index contributed by atoms with van der Waals surface area (Å²) in [6.07, 6.45) is -103. The van der Waals surface area contributed by atoms with Crippen LogP contribution in [0.4, 0.5) is 0 Å². The van der Waals surface area contributed by atoms with Gasteiger partial charge in [-0.05, 0) is 0 Å². The van der Waals surface area contributed by atoms with E-state index in [2.05, 4.69) is 42.5 Å². The molecule has 146 heavy (non-hydrogen) atoms. The van der Waals surface area contributed by atoms with Crippen LogP contribution in [0.15, 0.2) is 0 Å². The van der Waals surface area contributed by atoms with Gasteiger partial charge in [-0.3, -0.25) is 38.4 Å². The Labute approximate surface area is 828 Å². The molecule has 11 rings (SSSR count). The van der Waals surface area contributed by atoms with Crippen molar-refractivity contribution in [2.24, 2.45) is 0 Å². The summed E-state index contributed by atoms with van der Waals surface area (Å²) < 4.78 is 129. The SMILES string of the molecule is CC(=O)N[C@@H]1[C@H](O[C@@H]2[C@@H](O[C@@H]3[C@H](O)[C@H](O[C@H]4[C@H](O)[C@@H](NC(C)=O)[C@H](O[C@H]5[C@H](O)[C@@H](NC(C)=O)[C@H](O)O[C@@H]5CO)O[C@@H]4CO)O[C@H](CO[C@H]4O[C@H](CO[C@@H]5O[C@H](CO)[C@@H](O)[C@H](O)[C@H]5NC(C)=O)[C@@H](O)[C@H](O)[C@@H]4O[C@@H]4O[C@H](CO)[C@@H](O[C@@H]5O[C@H](CO)[C@H](O)[C@H](O)[C@H]5NC(C)=O)[C@H](O)[C@H]4NC(C)=O)[C@H]3O)O[C@H](CO)[C@@H](O[C@@H]3O[C@H](CO)[C@@H](O)[C@H](O)[C@H]3NC(C)=O)[C@@H]2O)O[C@H](CO)[C@@H](O[C@@H]2O[C@H](CO)[C@H](O)[C@H](O)[C@H]2NC(C)=O)[C@@H]1O. The summed E-state index contributed by atoms with van der Waals surface area (Å²) >= 11 is 0. The predicted octanol–water partition coefficient (Wildman–Crippen LogP) is -23.8. The number of nitrogens with one attached hydrogen (secondary N) is 8.